The van der Waals surface area contributed by atoms with Crippen LogP contribution in [0.1, 0.15) is 39.0 Å². The first kappa shape index (κ1) is 17.5. The van der Waals surface area contributed by atoms with Gasteiger partial charge >= 0.3 is 0 Å². The number of nitrogens with zero attached hydrogens (tertiary/aromatic N) is 2. The maximum Gasteiger partial charge on any atom is 0.259 e. The number of benzene rings is 2. The normalized spacial score (nSPS) is 10.6. The van der Waals surface area contributed by atoms with Crippen LogP contribution in [0, 0.1) is 19.7 Å². The Morgan fingerprint density at radius 2 is 1.62 bits per heavy atom. The van der Waals surface area contributed by atoms with Crippen LogP contribution >= 0.6 is 0 Å². The van der Waals surface area contributed by atoms with Crippen molar-refractivity contribution in [3.63, 3.8) is 0 Å². The highest BCUT2D eigenvalue weighted by molar-refractivity contribution is 6.06. The maximum atomic E-state index is 13.1. The zero-order chi connectivity index (χ0) is 18.8. The third kappa shape index (κ3) is 3.39. The number of halogens is 1. The van der Waals surface area contributed by atoms with Gasteiger partial charge < -0.3 is 5.32 Å². The number of ketones is 1. The monoisotopic (exact) mass is 351 g/mol. The third-order valence-corrected chi connectivity index (χ3v) is 4.14. The fourth-order valence-corrected chi connectivity index (χ4v) is 2.79. The number of carbonyl (C=O) groups excluding carboxylic acids is 2. The highest BCUT2D eigenvalue weighted by Crippen LogP contribution is 2.20. The SMILES string of the molecule is CC(=O)c1ccc(NC(=O)c2c(C)nn(-c3ccc(F)cc3)c2C)cc1. The van der Waals surface area contributed by atoms with Crippen LogP contribution in [0.25, 0.3) is 5.69 Å². The van der Waals surface area contributed by atoms with E-state index < -0.39 is 0 Å². The van der Waals surface area contributed by atoms with Crippen molar-refractivity contribution in [3.8, 4) is 5.69 Å². The van der Waals surface area contributed by atoms with Gasteiger partial charge in [0, 0.05) is 11.3 Å². The van der Waals surface area contributed by atoms with Crippen molar-refractivity contribution >= 4 is 17.4 Å². The molecule has 0 aliphatic carbocycles. The molecule has 1 amide bonds. The molecule has 0 unspecified atom stereocenters. The van der Waals surface area contributed by atoms with Gasteiger partial charge in [-0.2, -0.15) is 5.10 Å². The van der Waals surface area contributed by atoms with Gasteiger partial charge in [-0.15, -0.1) is 0 Å². The van der Waals surface area contributed by atoms with Crippen LogP contribution in [0.3, 0.4) is 0 Å². The minimum Gasteiger partial charge on any atom is -0.322 e. The van der Waals surface area contributed by atoms with Gasteiger partial charge in [0.25, 0.3) is 5.91 Å². The van der Waals surface area contributed by atoms with Crippen molar-refractivity contribution in [2.45, 2.75) is 20.8 Å². The Morgan fingerprint density at radius 3 is 2.19 bits per heavy atom. The van der Waals surface area contributed by atoms with E-state index in [9.17, 15) is 14.0 Å². The van der Waals surface area contributed by atoms with E-state index >= 15 is 0 Å². The van der Waals surface area contributed by atoms with E-state index in [4.69, 9.17) is 0 Å². The molecular formula is C20H18FN3O2. The number of aryl methyl sites for hydroxylation is 1. The lowest BCUT2D eigenvalue weighted by molar-refractivity contribution is 0.101. The number of rotatable bonds is 4. The molecule has 0 aliphatic heterocycles. The largest absolute Gasteiger partial charge is 0.322 e. The van der Waals surface area contributed by atoms with E-state index in [1.807, 2.05) is 0 Å². The van der Waals surface area contributed by atoms with Crippen LogP contribution in [-0.4, -0.2) is 21.5 Å². The molecule has 132 valence electrons. The predicted octanol–water partition coefficient (Wildman–Crippen LogP) is 4.08. The van der Waals surface area contributed by atoms with Gasteiger partial charge in [0.1, 0.15) is 5.82 Å². The highest BCUT2D eigenvalue weighted by Gasteiger charge is 2.19. The van der Waals surface area contributed by atoms with E-state index in [2.05, 4.69) is 10.4 Å². The summed E-state index contributed by atoms with van der Waals surface area (Å²) >= 11 is 0. The average Bonchev–Trinajstić information content (AvgIpc) is 2.90. The first-order valence-electron chi connectivity index (χ1n) is 8.11. The van der Waals surface area contributed by atoms with E-state index in [1.165, 1.54) is 19.1 Å². The van der Waals surface area contributed by atoms with E-state index in [-0.39, 0.29) is 17.5 Å². The standard InChI is InChI=1S/C20H18FN3O2/c1-12-19(13(2)24(23-12)18-10-6-16(21)7-11-18)20(26)22-17-8-4-15(5-9-17)14(3)25/h4-11H,1-3H3,(H,22,26). The number of hydrogen-bond acceptors (Lipinski definition) is 3. The second-order valence-corrected chi connectivity index (χ2v) is 6.02. The minimum atomic E-state index is -0.331. The molecule has 0 spiro atoms. The Morgan fingerprint density at radius 1 is 1.00 bits per heavy atom. The van der Waals surface area contributed by atoms with Crippen LogP contribution in [-0.2, 0) is 0 Å². The summed E-state index contributed by atoms with van der Waals surface area (Å²) in [5.41, 5.74) is 3.55. The number of anilines is 1. The molecule has 3 rings (SSSR count). The van der Waals surface area contributed by atoms with Crippen LogP contribution in [0.15, 0.2) is 48.5 Å². The lowest BCUT2D eigenvalue weighted by atomic mass is 10.1. The van der Waals surface area contributed by atoms with Crippen molar-refractivity contribution in [1.82, 2.24) is 9.78 Å². The smallest absolute Gasteiger partial charge is 0.259 e. The average molecular weight is 351 g/mol. The molecule has 0 saturated carbocycles. The molecule has 5 nitrogen and oxygen atoms in total. The molecule has 0 aliphatic rings. The Balaban J connectivity index is 1.88. The van der Waals surface area contributed by atoms with Crippen molar-refractivity contribution < 1.29 is 14.0 Å². The summed E-state index contributed by atoms with van der Waals surface area (Å²) < 4.78 is 14.7. The van der Waals surface area contributed by atoms with Crippen molar-refractivity contribution in [1.29, 1.82) is 0 Å². The van der Waals surface area contributed by atoms with Crippen LogP contribution in [0.2, 0.25) is 0 Å². The molecule has 1 N–H and O–H groups in total. The topological polar surface area (TPSA) is 64.0 Å². The van der Waals surface area contributed by atoms with Gasteiger partial charge in [-0.05, 0) is 69.3 Å². The van der Waals surface area contributed by atoms with Gasteiger partial charge in [0.2, 0.25) is 0 Å². The number of hydrogen-bond donors (Lipinski definition) is 1. The summed E-state index contributed by atoms with van der Waals surface area (Å²) in [6, 6.07) is 12.6. The number of Topliss-reactive ketones (excluding diaryl/α,β-unsaturated/α-hetero) is 1. The van der Waals surface area contributed by atoms with E-state index in [0.717, 1.165) is 0 Å². The quantitative estimate of drug-likeness (QED) is 0.720. The lowest BCUT2D eigenvalue weighted by Crippen LogP contribution is -2.14. The number of carbonyl (C=O) groups is 2. The fraction of sp³-hybridized carbons (Fsp3) is 0.150. The Hall–Kier alpha value is -3.28. The molecule has 0 saturated heterocycles. The van der Waals surface area contributed by atoms with Gasteiger partial charge in [-0.1, -0.05) is 0 Å². The molecule has 2 aromatic carbocycles. The molecule has 0 radical (unpaired) electrons. The molecule has 26 heavy (non-hydrogen) atoms. The van der Waals surface area contributed by atoms with Gasteiger partial charge in [0.15, 0.2) is 5.78 Å². The Kier molecular flexibility index (Phi) is 4.67. The van der Waals surface area contributed by atoms with Gasteiger partial charge in [-0.25, -0.2) is 9.07 Å². The Labute approximate surface area is 150 Å². The zero-order valence-corrected chi connectivity index (χ0v) is 14.7. The molecule has 0 bridgehead atoms. The molecule has 0 fully saturated rings. The Bertz CT molecular complexity index is 974. The second kappa shape index (κ2) is 6.92. The molecule has 6 heteroatoms. The molecular weight excluding hydrogens is 333 g/mol. The van der Waals surface area contributed by atoms with Crippen LogP contribution in [0.5, 0.6) is 0 Å². The van der Waals surface area contributed by atoms with Crippen molar-refractivity contribution in [2.24, 2.45) is 0 Å². The maximum absolute atomic E-state index is 13.1. The summed E-state index contributed by atoms with van der Waals surface area (Å²) in [5, 5.41) is 7.22. The number of aromatic nitrogens is 2. The number of amides is 1. The summed E-state index contributed by atoms with van der Waals surface area (Å²) in [5.74, 6) is -0.652. The summed E-state index contributed by atoms with van der Waals surface area (Å²) in [6.07, 6.45) is 0. The number of nitrogens with one attached hydrogen (secondary N) is 1. The second-order valence-electron chi connectivity index (χ2n) is 6.02. The lowest BCUT2D eigenvalue weighted by Gasteiger charge is -2.07. The van der Waals surface area contributed by atoms with Crippen LogP contribution in [0.4, 0.5) is 10.1 Å². The fourth-order valence-electron chi connectivity index (χ4n) is 2.79. The van der Waals surface area contributed by atoms with Gasteiger partial charge in [-0.3, -0.25) is 9.59 Å². The molecule has 1 aromatic heterocycles. The highest BCUT2D eigenvalue weighted by atomic mass is 19.1. The van der Waals surface area contributed by atoms with Crippen molar-refractivity contribution in [3.05, 3.63) is 76.9 Å². The minimum absolute atomic E-state index is 0.0323. The van der Waals surface area contributed by atoms with Crippen LogP contribution < -0.4 is 5.32 Å². The van der Waals surface area contributed by atoms with E-state index in [1.54, 1.807) is 54.9 Å². The first-order valence-corrected chi connectivity index (χ1v) is 8.11. The summed E-state index contributed by atoms with van der Waals surface area (Å²) in [4.78, 5) is 24.0. The molecule has 1 heterocycles. The molecule has 3 aromatic rings. The summed E-state index contributed by atoms with van der Waals surface area (Å²) in [7, 11) is 0. The predicted molar refractivity (Wildman–Crippen MR) is 97.4 cm³/mol. The first-order chi connectivity index (χ1) is 12.4. The van der Waals surface area contributed by atoms with E-state index in [0.29, 0.717) is 33.9 Å². The molecule has 0 atom stereocenters. The summed E-state index contributed by atoms with van der Waals surface area (Å²) in [6.45, 7) is 5.03. The third-order valence-electron chi connectivity index (χ3n) is 4.14. The van der Waals surface area contributed by atoms with Crippen molar-refractivity contribution in [2.75, 3.05) is 5.32 Å². The van der Waals surface area contributed by atoms with Gasteiger partial charge in [0.05, 0.1) is 22.6 Å². The zero-order valence-electron chi connectivity index (χ0n) is 14.7.